The van der Waals surface area contributed by atoms with E-state index in [0.717, 1.165) is 25.2 Å². The number of hydrogen-bond donors (Lipinski definition) is 0. The van der Waals surface area contributed by atoms with Gasteiger partial charge in [0.05, 0.1) is 0 Å². The van der Waals surface area contributed by atoms with Gasteiger partial charge in [0, 0.05) is 11.8 Å². The lowest BCUT2D eigenvalue weighted by molar-refractivity contribution is -0.128. The van der Waals surface area contributed by atoms with E-state index >= 15 is 0 Å². The number of Topliss-reactive ketones (excluding diaryl/α,β-unsaturated/α-hetero) is 1. The van der Waals surface area contributed by atoms with Gasteiger partial charge in [0.15, 0.2) is 0 Å². The fraction of sp³-hybridized carbons (Fsp3) is 0.933. The molecule has 0 aromatic rings. The van der Waals surface area contributed by atoms with Gasteiger partial charge in [-0.2, -0.15) is 0 Å². The van der Waals surface area contributed by atoms with Crippen LogP contribution in [0.4, 0.5) is 0 Å². The average molecular weight is 224 g/mol. The van der Waals surface area contributed by atoms with Crippen molar-refractivity contribution in [1.29, 1.82) is 0 Å². The fourth-order valence-electron chi connectivity index (χ4n) is 2.85. The molecule has 0 N–H and O–H groups in total. The summed E-state index contributed by atoms with van der Waals surface area (Å²) in [5.74, 6) is 1.98. The second-order valence-corrected chi connectivity index (χ2v) is 6.63. The number of rotatable bonds is 3. The third-order valence-corrected chi connectivity index (χ3v) is 4.45. The number of ketones is 1. The second-order valence-electron chi connectivity index (χ2n) is 6.63. The van der Waals surface area contributed by atoms with E-state index in [0.29, 0.717) is 17.1 Å². The average Bonchev–Trinajstić information content (AvgIpc) is 2.26. The Kier molecular flexibility index (Phi) is 4.58. The van der Waals surface area contributed by atoms with Gasteiger partial charge in [-0.15, -0.1) is 0 Å². The molecule has 1 unspecified atom stereocenters. The van der Waals surface area contributed by atoms with Crippen molar-refractivity contribution in [2.75, 3.05) is 0 Å². The zero-order chi connectivity index (χ0) is 12.3. The van der Waals surface area contributed by atoms with Crippen LogP contribution in [0.3, 0.4) is 0 Å². The topological polar surface area (TPSA) is 17.1 Å². The van der Waals surface area contributed by atoms with Crippen molar-refractivity contribution >= 4 is 5.78 Å². The van der Waals surface area contributed by atoms with E-state index in [9.17, 15) is 4.79 Å². The van der Waals surface area contributed by atoms with Gasteiger partial charge in [0.2, 0.25) is 0 Å². The van der Waals surface area contributed by atoms with Crippen molar-refractivity contribution in [3.05, 3.63) is 0 Å². The SMILES string of the molecule is CCC(C)C(=O)C1CCC(C(C)(C)C)CC1. The van der Waals surface area contributed by atoms with Crippen molar-refractivity contribution in [2.24, 2.45) is 23.2 Å². The Morgan fingerprint density at radius 3 is 2.06 bits per heavy atom. The lowest BCUT2D eigenvalue weighted by Gasteiger charge is -2.37. The third kappa shape index (κ3) is 3.33. The van der Waals surface area contributed by atoms with Gasteiger partial charge in [0.1, 0.15) is 5.78 Å². The van der Waals surface area contributed by atoms with E-state index in [1.807, 2.05) is 0 Å². The summed E-state index contributed by atoms with van der Waals surface area (Å²) >= 11 is 0. The van der Waals surface area contributed by atoms with Crippen LogP contribution in [-0.2, 0) is 4.79 Å². The molecule has 1 aliphatic carbocycles. The summed E-state index contributed by atoms with van der Waals surface area (Å²) in [7, 11) is 0. The van der Waals surface area contributed by atoms with Crippen molar-refractivity contribution in [2.45, 2.75) is 66.7 Å². The zero-order valence-corrected chi connectivity index (χ0v) is 11.7. The van der Waals surface area contributed by atoms with E-state index in [1.54, 1.807) is 0 Å². The molecule has 1 nitrogen and oxygen atoms in total. The van der Waals surface area contributed by atoms with Gasteiger partial charge < -0.3 is 0 Å². The van der Waals surface area contributed by atoms with Crippen LogP contribution >= 0.6 is 0 Å². The lowest BCUT2D eigenvalue weighted by atomic mass is 9.68. The van der Waals surface area contributed by atoms with Crippen molar-refractivity contribution < 1.29 is 4.79 Å². The van der Waals surface area contributed by atoms with Crippen molar-refractivity contribution in [3.63, 3.8) is 0 Å². The monoisotopic (exact) mass is 224 g/mol. The standard InChI is InChI=1S/C15H28O/c1-6-11(2)14(16)12-7-9-13(10-8-12)15(3,4)5/h11-13H,6-10H2,1-5H3. The Labute approximate surface area is 101 Å². The van der Waals surface area contributed by atoms with Crippen molar-refractivity contribution in [3.8, 4) is 0 Å². The minimum absolute atomic E-state index is 0.274. The Balaban J connectivity index is 2.46. The molecule has 1 fully saturated rings. The Morgan fingerprint density at radius 1 is 1.19 bits per heavy atom. The van der Waals surface area contributed by atoms with Gasteiger partial charge >= 0.3 is 0 Å². The Hall–Kier alpha value is -0.330. The molecule has 0 heterocycles. The van der Waals surface area contributed by atoms with Crippen LogP contribution < -0.4 is 0 Å². The molecule has 1 rings (SSSR count). The summed E-state index contributed by atoms with van der Waals surface area (Å²) in [5.41, 5.74) is 0.421. The summed E-state index contributed by atoms with van der Waals surface area (Å²) in [5, 5.41) is 0. The first kappa shape index (κ1) is 13.7. The fourth-order valence-corrected chi connectivity index (χ4v) is 2.85. The van der Waals surface area contributed by atoms with Crippen LogP contribution in [0.2, 0.25) is 0 Å². The lowest BCUT2D eigenvalue weighted by Crippen LogP contribution is -2.30. The first-order chi connectivity index (χ1) is 7.36. The summed E-state index contributed by atoms with van der Waals surface area (Å²) < 4.78 is 0. The molecule has 1 atom stereocenters. The summed E-state index contributed by atoms with van der Waals surface area (Å²) in [6, 6.07) is 0. The maximum atomic E-state index is 12.1. The van der Waals surface area contributed by atoms with E-state index in [2.05, 4.69) is 34.6 Å². The summed E-state index contributed by atoms with van der Waals surface area (Å²) in [4.78, 5) is 12.1. The molecule has 0 aromatic heterocycles. The van der Waals surface area contributed by atoms with Gasteiger partial charge in [-0.25, -0.2) is 0 Å². The van der Waals surface area contributed by atoms with Crippen LogP contribution in [0.1, 0.15) is 66.7 Å². The minimum atomic E-state index is 0.274. The second kappa shape index (κ2) is 5.33. The van der Waals surface area contributed by atoms with Crippen LogP contribution in [0.25, 0.3) is 0 Å². The molecule has 0 radical (unpaired) electrons. The molecule has 16 heavy (non-hydrogen) atoms. The molecule has 1 saturated carbocycles. The highest BCUT2D eigenvalue weighted by Gasteiger charge is 2.33. The van der Waals surface area contributed by atoms with E-state index < -0.39 is 0 Å². The van der Waals surface area contributed by atoms with Gasteiger partial charge in [-0.1, -0.05) is 34.6 Å². The first-order valence-electron chi connectivity index (χ1n) is 6.90. The quantitative estimate of drug-likeness (QED) is 0.692. The molecule has 0 aliphatic heterocycles. The van der Waals surface area contributed by atoms with E-state index in [-0.39, 0.29) is 5.92 Å². The normalized spacial score (nSPS) is 28.8. The molecule has 0 amide bonds. The zero-order valence-electron chi connectivity index (χ0n) is 11.7. The molecule has 0 bridgehead atoms. The minimum Gasteiger partial charge on any atom is -0.299 e. The molecule has 1 heteroatoms. The van der Waals surface area contributed by atoms with E-state index in [4.69, 9.17) is 0 Å². The molecule has 1 aliphatic rings. The van der Waals surface area contributed by atoms with Gasteiger partial charge in [-0.05, 0) is 43.4 Å². The predicted molar refractivity (Wildman–Crippen MR) is 69.4 cm³/mol. The molecular weight excluding hydrogens is 196 g/mol. The number of carbonyl (C=O) groups is 1. The largest absolute Gasteiger partial charge is 0.299 e. The third-order valence-electron chi connectivity index (χ3n) is 4.45. The maximum absolute atomic E-state index is 12.1. The first-order valence-corrected chi connectivity index (χ1v) is 6.90. The summed E-state index contributed by atoms with van der Waals surface area (Å²) in [6.07, 6.45) is 5.75. The predicted octanol–water partition coefficient (Wildman–Crippen LogP) is 4.45. The summed E-state index contributed by atoms with van der Waals surface area (Å²) in [6.45, 7) is 11.2. The highest BCUT2D eigenvalue weighted by Crippen LogP contribution is 2.40. The van der Waals surface area contributed by atoms with Crippen LogP contribution in [0, 0.1) is 23.2 Å². The number of hydrogen-bond acceptors (Lipinski definition) is 1. The Bertz CT molecular complexity index is 228. The maximum Gasteiger partial charge on any atom is 0.138 e. The highest BCUT2D eigenvalue weighted by molar-refractivity contribution is 5.83. The highest BCUT2D eigenvalue weighted by atomic mass is 16.1. The van der Waals surface area contributed by atoms with Crippen molar-refractivity contribution in [1.82, 2.24) is 0 Å². The molecule has 0 spiro atoms. The van der Waals surface area contributed by atoms with Gasteiger partial charge in [0.25, 0.3) is 0 Å². The molecule has 94 valence electrons. The van der Waals surface area contributed by atoms with Crippen LogP contribution in [0.15, 0.2) is 0 Å². The Morgan fingerprint density at radius 2 is 1.69 bits per heavy atom. The molecule has 0 aromatic carbocycles. The van der Waals surface area contributed by atoms with Gasteiger partial charge in [-0.3, -0.25) is 4.79 Å². The van der Waals surface area contributed by atoms with Crippen LogP contribution in [0.5, 0.6) is 0 Å². The smallest absolute Gasteiger partial charge is 0.138 e. The number of carbonyl (C=O) groups excluding carboxylic acids is 1. The van der Waals surface area contributed by atoms with E-state index in [1.165, 1.54) is 12.8 Å². The molecular formula is C15H28O. The molecule has 0 saturated heterocycles. The van der Waals surface area contributed by atoms with Crippen LogP contribution in [-0.4, -0.2) is 5.78 Å².